The number of fused-ring (bicyclic) bond motifs is 10. The lowest BCUT2D eigenvalue weighted by atomic mass is 9.80. The maximum absolute atomic E-state index is 2.53. The summed E-state index contributed by atoms with van der Waals surface area (Å²) in [7, 11) is 0. The monoisotopic (exact) mass is 706 g/mol. The molecule has 10 aromatic rings. The van der Waals surface area contributed by atoms with Crippen molar-refractivity contribution in [3.05, 3.63) is 168 Å². The summed E-state index contributed by atoms with van der Waals surface area (Å²) in [5.74, 6) is 1.22. The van der Waals surface area contributed by atoms with E-state index in [1.807, 2.05) is 0 Å². The van der Waals surface area contributed by atoms with Crippen molar-refractivity contribution in [1.29, 1.82) is 0 Å². The molecule has 0 heterocycles. The SMILES string of the molecule is CC(C)c1ccc2c(-c3cc4c5ccccc5c(C(C)C)cc4c4ccccc34)c3cc(C(C)C)ccc3c(-c3cc4ccccc4c4ccccc34)c2c1. The zero-order chi connectivity index (χ0) is 37.5. The third-order valence-electron chi connectivity index (χ3n) is 12.3. The number of benzene rings is 10. The normalized spacial score (nSPS) is 12.3. The molecule has 0 aromatic heterocycles. The third kappa shape index (κ3) is 5.19. The quantitative estimate of drug-likeness (QED) is 0.123. The first-order chi connectivity index (χ1) is 26.8. The lowest BCUT2D eigenvalue weighted by molar-refractivity contribution is 0.868. The molecule has 0 aliphatic rings. The predicted molar refractivity (Wildman–Crippen MR) is 242 cm³/mol. The van der Waals surface area contributed by atoms with E-state index in [0.717, 1.165) is 0 Å². The molecule has 0 amide bonds. The molecule has 0 saturated carbocycles. The first-order valence-corrected chi connectivity index (χ1v) is 20.1. The maximum atomic E-state index is 2.53. The first kappa shape index (κ1) is 33.6. The van der Waals surface area contributed by atoms with E-state index < -0.39 is 0 Å². The molecule has 0 nitrogen and oxygen atoms in total. The van der Waals surface area contributed by atoms with Gasteiger partial charge in [0.25, 0.3) is 0 Å². The maximum Gasteiger partial charge on any atom is -0.00198 e. The number of rotatable bonds is 5. The molecular formula is C55H46. The highest BCUT2D eigenvalue weighted by atomic mass is 14.3. The van der Waals surface area contributed by atoms with Crippen molar-refractivity contribution < 1.29 is 0 Å². The molecule has 0 N–H and O–H groups in total. The van der Waals surface area contributed by atoms with Gasteiger partial charge in [0.2, 0.25) is 0 Å². The predicted octanol–water partition coefficient (Wildman–Crippen LogP) is 16.5. The van der Waals surface area contributed by atoms with Gasteiger partial charge in [0.15, 0.2) is 0 Å². The first-order valence-electron chi connectivity index (χ1n) is 20.1. The standard InChI is InChI=1S/C55H46/c1-32(2)35-24-26-46-51(27-35)54(50-29-37-15-7-8-16-38(37)39-17-9-13-21-43(39)50)45-25-23-36(33(3)4)28-52(45)55(46)53-31-49-41-19-11-10-18-40(41)47(34(5)6)30-48(49)42-20-12-14-22-44(42)53/h7-34H,1-6H3. The number of hydrogen-bond acceptors (Lipinski definition) is 0. The Bertz CT molecular complexity index is 3170. The van der Waals surface area contributed by atoms with E-state index in [0.29, 0.717) is 17.8 Å². The molecule has 10 aromatic carbocycles. The van der Waals surface area contributed by atoms with Gasteiger partial charge in [0, 0.05) is 0 Å². The molecule has 0 bridgehead atoms. The minimum absolute atomic E-state index is 0.396. The zero-order valence-corrected chi connectivity index (χ0v) is 32.7. The van der Waals surface area contributed by atoms with Crippen molar-refractivity contribution in [2.75, 3.05) is 0 Å². The molecule has 0 aliphatic heterocycles. The summed E-state index contributed by atoms with van der Waals surface area (Å²) in [5.41, 5.74) is 9.37. The van der Waals surface area contributed by atoms with Gasteiger partial charge in [-0.1, -0.05) is 175 Å². The summed E-state index contributed by atoms with van der Waals surface area (Å²) in [5, 5.41) is 18.3. The molecule has 55 heavy (non-hydrogen) atoms. The van der Waals surface area contributed by atoms with Crippen molar-refractivity contribution in [1.82, 2.24) is 0 Å². The van der Waals surface area contributed by atoms with Crippen molar-refractivity contribution in [3.8, 4) is 22.3 Å². The van der Waals surface area contributed by atoms with Gasteiger partial charge in [-0.15, -0.1) is 0 Å². The molecule has 266 valence electrons. The van der Waals surface area contributed by atoms with E-state index in [9.17, 15) is 0 Å². The summed E-state index contributed by atoms with van der Waals surface area (Å²) in [6.45, 7) is 13.9. The van der Waals surface area contributed by atoms with Crippen LogP contribution in [0.15, 0.2) is 152 Å². The molecule has 0 heteroatoms. The van der Waals surface area contributed by atoms with Crippen LogP contribution in [-0.2, 0) is 0 Å². The van der Waals surface area contributed by atoms with E-state index in [4.69, 9.17) is 0 Å². The molecule has 0 fully saturated rings. The van der Waals surface area contributed by atoms with Crippen LogP contribution >= 0.6 is 0 Å². The van der Waals surface area contributed by atoms with Gasteiger partial charge >= 0.3 is 0 Å². The second-order valence-electron chi connectivity index (χ2n) is 16.6. The minimum Gasteiger partial charge on any atom is -0.0616 e. The van der Waals surface area contributed by atoms with Crippen LogP contribution in [0.5, 0.6) is 0 Å². The van der Waals surface area contributed by atoms with Crippen LogP contribution in [0.2, 0.25) is 0 Å². The highest BCUT2D eigenvalue weighted by Gasteiger charge is 2.23. The van der Waals surface area contributed by atoms with E-state index in [-0.39, 0.29) is 0 Å². The molecule has 0 unspecified atom stereocenters. The smallest absolute Gasteiger partial charge is 0.00198 e. The van der Waals surface area contributed by atoms with E-state index in [1.165, 1.54) is 114 Å². The fourth-order valence-electron chi connectivity index (χ4n) is 9.49. The van der Waals surface area contributed by atoms with Gasteiger partial charge in [-0.25, -0.2) is 0 Å². The second kappa shape index (κ2) is 12.8. The summed E-state index contributed by atoms with van der Waals surface area (Å²) in [6, 6.07) is 58.2. The summed E-state index contributed by atoms with van der Waals surface area (Å²) >= 11 is 0. The Hall–Kier alpha value is -5.98. The fraction of sp³-hybridized carbons (Fsp3) is 0.164. The summed E-state index contributed by atoms with van der Waals surface area (Å²) in [4.78, 5) is 0. The van der Waals surface area contributed by atoms with Crippen molar-refractivity contribution in [2.45, 2.75) is 59.3 Å². The molecule has 0 saturated heterocycles. The Morgan fingerprint density at radius 2 is 0.691 bits per heavy atom. The zero-order valence-electron chi connectivity index (χ0n) is 32.7. The Morgan fingerprint density at radius 1 is 0.273 bits per heavy atom. The van der Waals surface area contributed by atoms with Crippen molar-refractivity contribution in [3.63, 3.8) is 0 Å². The van der Waals surface area contributed by atoms with E-state index in [1.54, 1.807) is 0 Å². The Labute approximate surface area is 324 Å². The lowest BCUT2D eigenvalue weighted by Crippen LogP contribution is -1.97. The highest BCUT2D eigenvalue weighted by molar-refractivity contribution is 6.30. The molecule has 10 rings (SSSR count). The molecular weight excluding hydrogens is 661 g/mol. The average molecular weight is 707 g/mol. The van der Waals surface area contributed by atoms with Crippen LogP contribution in [0.3, 0.4) is 0 Å². The summed E-state index contributed by atoms with van der Waals surface area (Å²) < 4.78 is 0. The Balaban J connectivity index is 1.44. The minimum atomic E-state index is 0.396. The van der Waals surface area contributed by atoms with Crippen molar-refractivity contribution in [2.24, 2.45) is 0 Å². The van der Waals surface area contributed by atoms with Crippen LogP contribution < -0.4 is 0 Å². The topological polar surface area (TPSA) is 0 Å². The van der Waals surface area contributed by atoms with Crippen molar-refractivity contribution >= 4 is 75.4 Å². The Kier molecular flexibility index (Phi) is 7.82. The second-order valence-corrected chi connectivity index (χ2v) is 16.6. The molecule has 0 spiro atoms. The van der Waals surface area contributed by atoms with E-state index >= 15 is 0 Å². The van der Waals surface area contributed by atoms with Crippen LogP contribution in [0.25, 0.3) is 97.7 Å². The van der Waals surface area contributed by atoms with Gasteiger partial charge in [-0.05, 0) is 150 Å². The fourth-order valence-corrected chi connectivity index (χ4v) is 9.49. The molecule has 0 atom stereocenters. The van der Waals surface area contributed by atoms with Gasteiger partial charge < -0.3 is 0 Å². The highest BCUT2D eigenvalue weighted by Crippen LogP contribution is 2.50. The van der Waals surface area contributed by atoms with Gasteiger partial charge in [-0.2, -0.15) is 0 Å². The Morgan fingerprint density at radius 3 is 1.22 bits per heavy atom. The number of hydrogen-bond donors (Lipinski definition) is 0. The molecule has 0 aliphatic carbocycles. The van der Waals surface area contributed by atoms with Crippen LogP contribution in [0.4, 0.5) is 0 Å². The van der Waals surface area contributed by atoms with Gasteiger partial charge in [0.05, 0.1) is 0 Å². The lowest BCUT2D eigenvalue weighted by Gasteiger charge is -2.23. The van der Waals surface area contributed by atoms with Crippen LogP contribution in [0.1, 0.15) is 76.0 Å². The van der Waals surface area contributed by atoms with Crippen LogP contribution in [-0.4, -0.2) is 0 Å². The third-order valence-corrected chi connectivity index (χ3v) is 12.3. The van der Waals surface area contributed by atoms with Crippen LogP contribution in [0, 0.1) is 0 Å². The average Bonchev–Trinajstić information content (AvgIpc) is 3.21. The van der Waals surface area contributed by atoms with Gasteiger partial charge in [0.1, 0.15) is 0 Å². The van der Waals surface area contributed by atoms with Gasteiger partial charge in [-0.3, -0.25) is 0 Å². The largest absolute Gasteiger partial charge is 0.0616 e. The van der Waals surface area contributed by atoms with E-state index in [2.05, 4.69) is 193 Å². The molecule has 0 radical (unpaired) electrons. The summed E-state index contributed by atoms with van der Waals surface area (Å²) in [6.07, 6.45) is 0.